The van der Waals surface area contributed by atoms with Gasteiger partial charge >= 0.3 is 0 Å². The zero-order valence-corrected chi connectivity index (χ0v) is 11.8. The third-order valence-corrected chi connectivity index (χ3v) is 3.26. The highest BCUT2D eigenvalue weighted by Crippen LogP contribution is 1.95. The van der Waals surface area contributed by atoms with Crippen LogP contribution in [0.5, 0.6) is 0 Å². The monoisotopic (exact) mass is 257 g/mol. The van der Waals surface area contributed by atoms with E-state index in [1.54, 1.807) is 4.90 Å². The molecule has 0 spiro atoms. The van der Waals surface area contributed by atoms with E-state index in [-0.39, 0.29) is 12.5 Å². The Morgan fingerprint density at radius 1 is 1.39 bits per heavy atom. The van der Waals surface area contributed by atoms with E-state index >= 15 is 0 Å². The molecule has 5 heteroatoms. The van der Waals surface area contributed by atoms with E-state index in [4.69, 9.17) is 4.74 Å². The van der Waals surface area contributed by atoms with Gasteiger partial charge in [-0.1, -0.05) is 13.3 Å². The molecule has 1 heterocycles. The van der Waals surface area contributed by atoms with Gasteiger partial charge in [-0.15, -0.1) is 0 Å². The van der Waals surface area contributed by atoms with Gasteiger partial charge in [-0.3, -0.25) is 9.69 Å². The predicted molar refractivity (Wildman–Crippen MR) is 72.7 cm³/mol. The Kier molecular flexibility index (Phi) is 7.96. The first-order valence-corrected chi connectivity index (χ1v) is 6.98. The summed E-state index contributed by atoms with van der Waals surface area (Å²) >= 11 is 0. The molecule has 0 bridgehead atoms. The number of nitrogens with one attached hydrogen (secondary N) is 1. The van der Waals surface area contributed by atoms with Crippen LogP contribution in [0.25, 0.3) is 0 Å². The fourth-order valence-electron chi connectivity index (χ4n) is 1.92. The Bertz CT molecular complexity index is 230. The lowest BCUT2D eigenvalue weighted by Crippen LogP contribution is -2.44. The van der Waals surface area contributed by atoms with Crippen molar-refractivity contribution in [2.24, 2.45) is 0 Å². The van der Waals surface area contributed by atoms with Crippen molar-refractivity contribution < 1.29 is 9.53 Å². The number of ether oxygens (including phenoxy) is 1. The number of piperazine rings is 1. The van der Waals surface area contributed by atoms with E-state index in [1.165, 1.54) is 0 Å². The Labute approximate surface area is 110 Å². The summed E-state index contributed by atoms with van der Waals surface area (Å²) in [5, 5.41) is 3.31. The fourth-order valence-corrected chi connectivity index (χ4v) is 1.92. The molecule has 1 rings (SSSR count). The molecule has 1 N–H and O–H groups in total. The maximum absolute atomic E-state index is 11.7. The fraction of sp³-hybridized carbons (Fsp3) is 0.923. The number of nitrogens with zero attached hydrogens (tertiary/aromatic N) is 2. The highest BCUT2D eigenvalue weighted by Gasteiger charge is 2.10. The number of hydrogen-bond acceptors (Lipinski definition) is 4. The maximum atomic E-state index is 11.7. The minimum absolute atomic E-state index is 0.0868. The van der Waals surface area contributed by atoms with Crippen molar-refractivity contribution in [1.82, 2.24) is 15.1 Å². The van der Waals surface area contributed by atoms with E-state index in [0.29, 0.717) is 6.61 Å². The van der Waals surface area contributed by atoms with Gasteiger partial charge in [-0.05, 0) is 6.42 Å². The Morgan fingerprint density at radius 2 is 2.11 bits per heavy atom. The standard InChI is InChI=1S/C13H27N3O2/c1-3-4-7-15(2)13(17)12-18-11-10-16-8-5-14-6-9-16/h14H,3-12H2,1-2H3. The summed E-state index contributed by atoms with van der Waals surface area (Å²) in [5.74, 6) is 0.0868. The largest absolute Gasteiger partial charge is 0.370 e. The molecule has 1 amide bonds. The molecule has 0 unspecified atom stereocenters. The van der Waals surface area contributed by atoms with Gasteiger partial charge in [-0.25, -0.2) is 0 Å². The summed E-state index contributed by atoms with van der Waals surface area (Å²) in [7, 11) is 1.84. The Hall–Kier alpha value is -0.650. The van der Waals surface area contributed by atoms with Crippen molar-refractivity contribution in [2.45, 2.75) is 19.8 Å². The second-order valence-corrected chi connectivity index (χ2v) is 4.81. The van der Waals surface area contributed by atoms with Crippen LogP contribution < -0.4 is 5.32 Å². The topological polar surface area (TPSA) is 44.8 Å². The first-order valence-electron chi connectivity index (χ1n) is 6.98. The zero-order valence-electron chi connectivity index (χ0n) is 11.8. The van der Waals surface area contributed by atoms with Gasteiger partial charge < -0.3 is 15.0 Å². The van der Waals surface area contributed by atoms with Gasteiger partial charge in [0.05, 0.1) is 6.61 Å². The summed E-state index contributed by atoms with van der Waals surface area (Å²) in [6.07, 6.45) is 2.17. The van der Waals surface area contributed by atoms with Crippen LogP contribution in [0.3, 0.4) is 0 Å². The van der Waals surface area contributed by atoms with Crippen molar-refractivity contribution >= 4 is 5.91 Å². The van der Waals surface area contributed by atoms with Gasteiger partial charge in [-0.2, -0.15) is 0 Å². The molecular weight excluding hydrogens is 230 g/mol. The summed E-state index contributed by atoms with van der Waals surface area (Å²) < 4.78 is 5.45. The SMILES string of the molecule is CCCCN(C)C(=O)COCCN1CCNCC1. The van der Waals surface area contributed by atoms with Crippen molar-refractivity contribution in [3.8, 4) is 0 Å². The van der Waals surface area contributed by atoms with Crippen LogP contribution in [-0.2, 0) is 9.53 Å². The molecule has 0 aromatic carbocycles. The quantitative estimate of drug-likeness (QED) is 0.630. The van der Waals surface area contributed by atoms with Crippen molar-refractivity contribution in [1.29, 1.82) is 0 Å². The number of carbonyl (C=O) groups excluding carboxylic acids is 1. The second kappa shape index (κ2) is 9.30. The first kappa shape index (κ1) is 15.4. The van der Waals surface area contributed by atoms with Crippen LogP contribution in [0, 0.1) is 0 Å². The molecular formula is C13H27N3O2. The van der Waals surface area contributed by atoms with Crippen LogP contribution >= 0.6 is 0 Å². The van der Waals surface area contributed by atoms with Crippen LogP contribution in [0.15, 0.2) is 0 Å². The third kappa shape index (κ3) is 6.33. The molecule has 0 aromatic rings. The van der Waals surface area contributed by atoms with E-state index in [1.807, 2.05) is 7.05 Å². The van der Waals surface area contributed by atoms with Crippen molar-refractivity contribution in [3.63, 3.8) is 0 Å². The average Bonchev–Trinajstić information content (AvgIpc) is 2.41. The number of unbranched alkanes of at least 4 members (excludes halogenated alkanes) is 1. The van der Waals surface area contributed by atoms with E-state index in [2.05, 4.69) is 17.1 Å². The lowest BCUT2D eigenvalue weighted by Gasteiger charge is -2.27. The highest BCUT2D eigenvalue weighted by molar-refractivity contribution is 5.77. The van der Waals surface area contributed by atoms with E-state index in [0.717, 1.165) is 52.1 Å². The second-order valence-electron chi connectivity index (χ2n) is 4.81. The van der Waals surface area contributed by atoms with Crippen LogP contribution in [0.4, 0.5) is 0 Å². The molecule has 1 saturated heterocycles. The minimum atomic E-state index is 0.0868. The average molecular weight is 257 g/mol. The lowest BCUT2D eigenvalue weighted by atomic mass is 10.3. The van der Waals surface area contributed by atoms with Gasteiger partial charge in [0.2, 0.25) is 5.91 Å². The maximum Gasteiger partial charge on any atom is 0.248 e. The summed E-state index contributed by atoms with van der Waals surface area (Å²) in [6, 6.07) is 0. The molecule has 1 fully saturated rings. The third-order valence-electron chi connectivity index (χ3n) is 3.26. The molecule has 0 aromatic heterocycles. The van der Waals surface area contributed by atoms with Crippen LogP contribution in [0.1, 0.15) is 19.8 Å². The molecule has 18 heavy (non-hydrogen) atoms. The summed E-state index contributed by atoms with van der Waals surface area (Å²) in [5.41, 5.74) is 0. The van der Waals surface area contributed by atoms with Crippen molar-refractivity contribution in [2.75, 3.05) is 59.5 Å². The summed E-state index contributed by atoms with van der Waals surface area (Å²) in [6.45, 7) is 9.00. The molecule has 0 radical (unpaired) electrons. The van der Waals surface area contributed by atoms with Gasteiger partial charge in [0.1, 0.15) is 6.61 Å². The van der Waals surface area contributed by atoms with E-state index in [9.17, 15) is 4.79 Å². The normalized spacial score (nSPS) is 16.8. The lowest BCUT2D eigenvalue weighted by molar-refractivity contribution is -0.135. The molecule has 0 atom stereocenters. The van der Waals surface area contributed by atoms with Gasteiger partial charge in [0, 0.05) is 46.3 Å². The van der Waals surface area contributed by atoms with Crippen molar-refractivity contribution in [3.05, 3.63) is 0 Å². The van der Waals surface area contributed by atoms with Crippen LogP contribution in [-0.4, -0.2) is 75.2 Å². The molecule has 5 nitrogen and oxygen atoms in total. The van der Waals surface area contributed by atoms with E-state index < -0.39 is 0 Å². The van der Waals surface area contributed by atoms with Gasteiger partial charge in [0.25, 0.3) is 0 Å². The number of likely N-dealkylation sites (N-methyl/N-ethyl adjacent to an activating group) is 1. The van der Waals surface area contributed by atoms with Crippen LogP contribution in [0.2, 0.25) is 0 Å². The molecule has 0 saturated carbocycles. The Balaban J connectivity index is 2.00. The minimum Gasteiger partial charge on any atom is -0.370 e. The summed E-state index contributed by atoms with van der Waals surface area (Å²) in [4.78, 5) is 15.8. The predicted octanol–water partition coefficient (Wildman–Crippen LogP) is 0.167. The Morgan fingerprint density at radius 3 is 2.78 bits per heavy atom. The molecule has 1 aliphatic rings. The number of hydrogen-bond donors (Lipinski definition) is 1. The first-order chi connectivity index (χ1) is 8.74. The number of amides is 1. The molecule has 106 valence electrons. The number of rotatable bonds is 8. The highest BCUT2D eigenvalue weighted by atomic mass is 16.5. The molecule has 0 aliphatic carbocycles. The molecule has 1 aliphatic heterocycles. The smallest absolute Gasteiger partial charge is 0.248 e. The zero-order chi connectivity index (χ0) is 13.2. The van der Waals surface area contributed by atoms with Gasteiger partial charge in [0.15, 0.2) is 0 Å². The number of carbonyl (C=O) groups is 1.